The van der Waals surface area contributed by atoms with Gasteiger partial charge in [-0.15, -0.1) is 0 Å². The lowest BCUT2D eigenvalue weighted by Gasteiger charge is -2.25. The van der Waals surface area contributed by atoms with E-state index in [2.05, 4.69) is 79.4 Å². The lowest BCUT2D eigenvalue weighted by atomic mass is 9.88. The fourth-order valence-electron chi connectivity index (χ4n) is 3.50. The van der Waals surface area contributed by atoms with Crippen LogP contribution in [0.4, 0.5) is 11.4 Å². The highest BCUT2D eigenvalue weighted by Gasteiger charge is 2.35. The van der Waals surface area contributed by atoms with Gasteiger partial charge in [0.1, 0.15) is 0 Å². The first-order valence-electron chi connectivity index (χ1n) is 7.57. The molecule has 0 bridgehead atoms. The zero-order valence-corrected chi connectivity index (χ0v) is 12.5. The molecule has 1 aliphatic carbocycles. The summed E-state index contributed by atoms with van der Waals surface area (Å²) in [6, 6.07) is 17.5. The van der Waals surface area contributed by atoms with Crippen molar-refractivity contribution in [3.63, 3.8) is 0 Å². The molecule has 0 saturated carbocycles. The van der Waals surface area contributed by atoms with Gasteiger partial charge in [-0.1, -0.05) is 47.5 Å². The van der Waals surface area contributed by atoms with Gasteiger partial charge in [-0.05, 0) is 50.1 Å². The maximum absolute atomic E-state index is 2.42. The quantitative estimate of drug-likeness (QED) is 0.666. The van der Waals surface area contributed by atoms with Gasteiger partial charge in [0, 0.05) is 23.0 Å². The molecule has 2 aromatic rings. The van der Waals surface area contributed by atoms with Crippen molar-refractivity contribution in [1.29, 1.82) is 0 Å². The van der Waals surface area contributed by atoms with Crippen molar-refractivity contribution in [3.05, 3.63) is 83.1 Å². The molecule has 0 aromatic heterocycles. The molecule has 1 atom stereocenters. The molecule has 104 valence electrons. The number of para-hydroxylation sites is 1. The van der Waals surface area contributed by atoms with E-state index in [1.165, 1.54) is 33.8 Å². The van der Waals surface area contributed by atoms with Crippen LogP contribution in [0.5, 0.6) is 0 Å². The highest BCUT2D eigenvalue weighted by atomic mass is 15.2. The van der Waals surface area contributed by atoms with E-state index in [4.69, 9.17) is 0 Å². The molecule has 1 heterocycles. The first kappa shape index (κ1) is 12.5. The van der Waals surface area contributed by atoms with Gasteiger partial charge < -0.3 is 4.90 Å². The molecule has 1 nitrogen and oxygen atoms in total. The van der Waals surface area contributed by atoms with Gasteiger partial charge in [0.15, 0.2) is 0 Å². The third-order valence-electron chi connectivity index (χ3n) is 4.49. The van der Waals surface area contributed by atoms with Crippen LogP contribution in [0.3, 0.4) is 0 Å². The van der Waals surface area contributed by atoms with Crippen LogP contribution in [0.1, 0.15) is 30.4 Å². The molecule has 1 heteroatoms. The van der Waals surface area contributed by atoms with E-state index >= 15 is 0 Å². The van der Waals surface area contributed by atoms with E-state index in [0.717, 1.165) is 6.42 Å². The lowest BCUT2D eigenvalue weighted by Crippen LogP contribution is -2.15. The number of benzene rings is 2. The largest absolute Gasteiger partial charge is 0.313 e. The summed E-state index contributed by atoms with van der Waals surface area (Å²) in [5.74, 6) is 0.505. The molecule has 0 fully saturated rings. The monoisotopic (exact) mass is 273 g/mol. The molecule has 2 aliphatic rings. The van der Waals surface area contributed by atoms with Crippen LogP contribution in [0, 0.1) is 6.92 Å². The minimum absolute atomic E-state index is 0.505. The summed E-state index contributed by atoms with van der Waals surface area (Å²) in [4.78, 5) is 2.42. The van der Waals surface area contributed by atoms with E-state index in [9.17, 15) is 0 Å². The van der Waals surface area contributed by atoms with Crippen LogP contribution in [-0.2, 0) is 0 Å². The number of hydrogen-bond donors (Lipinski definition) is 0. The maximum Gasteiger partial charge on any atom is 0.0497 e. The van der Waals surface area contributed by atoms with Crippen LogP contribution in [0.15, 0.2) is 72.0 Å². The summed E-state index contributed by atoms with van der Waals surface area (Å²) in [7, 11) is 0. The second-order valence-corrected chi connectivity index (χ2v) is 6.09. The first-order valence-corrected chi connectivity index (χ1v) is 7.57. The van der Waals surface area contributed by atoms with Crippen LogP contribution < -0.4 is 4.90 Å². The summed E-state index contributed by atoms with van der Waals surface area (Å²) in [6.07, 6.45) is 5.69. The summed E-state index contributed by atoms with van der Waals surface area (Å²) in [5, 5.41) is 0. The third kappa shape index (κ3) is 1.92. The summed E-state index contributed by atoms with van der Waals surface area (Å²) in [5.41, 5.74) is 8.28. The van der Waals surface area contributed by atoms with Crippen molar-refractivity contribution < 1.29 is 0 Å². The highest BCUT2D eigenvalue weighted by molar-refractivity contribution is 5.79. The Balaban J connectivity index is 1.93. The van der Waals surface area contributed by atoms with Gasteiger partial charge in [-0.3, -0.25) is 0 Å². The lowest BCUT2D eigenvalue weighted by molar-refractivity contribution is 0.783. The van der Waals surface area contributed by atoms with Crippen LogP contribution >= 0.6 is 0 Å². The first-order chi connectivity index (χ1) is 10.2. The molecule has 4 rings (SSSR count). The van der Waals surface area contributed by atoms with Crippen LogP contribution in [0.2, 0.25) is 0 Å². The van der Waals surface area contributed by atoms with Crippen molar-refractivity contribution in [1.82, 2.24) is 0 Å². The van der Waals surface area contributed by atoms with Gasteiger partial charge in [-0.25, -0.2) is 0 Å². The Bertz CT molecular complexity index is 753. The Kier molecular flexibility index (Phi) is 2.75. The highest BCUT2D eigenvalue weighted by Crippen LogP contribution is 2.51. The van der Waals surface area contributed by atoms with E-state index in [0.29, 0.717) is 5.92 Å². The van der Waals surface area contributed by atoms with Crippen LogP contribution in [0.25, 0.3) is 0 Å². The Morgan fingerprint density at radius 1 is 0.952 bits per heavy atom. The van der Waals surface area contributed by atoms with Gasteiger partial charge >= 0.3 is 0 Å². The SMILES string of the molecule is CC1=CC=C2[C@H](C1)c1cc(C)ccc1N2c1ccccc1. The second-order valence-electron chi connectivity index (χ2n) is 6.09. The molecule has 1 aliphatic heterocycles. The van der Waals surface area contributed by atoms with Gasteiger partial charge in [0.2, 0.25) is 0 Å². The molecule has 0 spiro atoms. The molecule has 2 aromatic carbocycles. The number of aryl methyl sites for hydroxylation is 1. The second kappa shape index (κ2) is 4.63. The molecule has 21 heavy (non-hydrogen) atoms. The predicted molar refractivity (Wildman–Crippen MR) is 89.0 cm³/mol. The molecule has 0 amide bonds. The molecular weight excluding hydrogens is 254 g/mol. The fraction of sp³-hybridized carbons (Fsp3) is 0.200. The molecular formula is C20H19N. The van der Waals surface area contributed by atoms with Crippen LogP contribution in [-0.4, -0.2) is 0 Å². The zero-order chi connectivity index (χ0) is 14.4. The van der Waals surface area contributed by atoms with Gasteiger partial charge in [0.05, 0.1) is 0 Å². The van der Waals surface area contributed by atoms with E-state index in [-0.39, 0.29) is 0 Å². The Hall–Kier alpha value is -2.28. The Labute approximate surface area is 126 Å². The zero-order valence-electron chi connectivity index (χ0n) is 12.5. The molecule has 0 N–H and O–H groups in total. The third-order valence-corrected chi connectivity index (χ3v) is 4.49. The number of allylic oxidation sites excluding steroid dienone is 4. The van der Waals surface area contributed by atoms with E-state index in [1.807, 2.05) is 0 Å². The number of nitrogens with zero attached hydrogens (tertiary/aromatic N) is 1. The average molecular weight is 273 g/mol. The molecule has 0 radical (unpaired) electrons. The van der Waals surface area contributed by atoms with Crippen molar-refractivity contribution >= 4 is 11.4 Å². The minimum Gasteiger partial charge on any atom is -0.313 e. The Morgan fingerprint density at radius 2 is 1.76 bits per heavy atom. The van der Waals surface area contributed by atoms with E-state index < -0.39 is 0 Å². The average Bonchev–Trinajstić information content (AvgIpc) is 2.81. The topological polar surface area (TPSA) is 3.24 Å². The minimum atomic E-state index is 0.505. The van der Waals surface area contributed by atoms with Crippen molar-refractivity contribution in [2.24, 2.45) is 0 Å². The summed E-state index contributed by atoms with van der Waals surface area (Å²) >= 11 is 0. The number of hydrogen-bond acceptors (Lipinski definition) is 1. The van der Waals surface area contributed by atoms with Crippen molar-refractivity contribution in [3.8, 4) is 0 Å². The number of anilines is 2. The van der Waals surface area contributed by atoms with Crippen molar-refractivity contribution in [2.75, 3.05) is 4.90 Å². The molecule has 0 saturated heterocycles. The standard InChI is InChI=1S/C20H19N/c1-14-8-10-19-17(12-14)18-13-15(2)9-11-20(18)21(19)16-6-4-3-5-7-16/h3-12,18H,13H2,1-2H3/t18-/m1/s1. The maximum atomic E-state index is 2.42. The fourth-order valence-corrected chi connectivity index (χ4v) is 3.50. The summed E-state index contributed by atoms with van der Waals surface area (Å²) < 4.78 is 0. The molecule has 0 unspecified atom stereocenters. The predicted octanol–water partition coefficient (Wildman–Crippen LogP) is 5.46. The normalized spacial score (nSPS) is 19.7. The summed E-state index contributed by atoms with van der Waals surface area (Å²) in [6.45, 7) is 4.41. The van der Waals surface area contributed by atoms with Crippen molar-refractivity contribution in [2.45, 2.75) is 26.2 Å². The smallest absolute Gasteiger partial charge is 0.0497 e. The number of rotatable bonds is 1. The van der Waals surface area contributed by atoms with Gasteiger partial charge in [-0.2, -0.15) is 0 Å². The van der Waals surface area contributed by atoms with E-state index in [1.54, 1.807) is 0 Å². The number of fused-ring (bicyclic) bond motifs is 3. The van der Waals surface area contributed by atoms with Gasteiger partial charge in [0.25, 0.3) is 0 Å². The Morgan fingerprint density at radius 3 is 2.57 bits per heavy atom.